The van der Waals surface area contributed by atoms with Crippen molar-refractivity contribution in [3.8, 4) is 0 Å². The Labute approximate surface area is 202 Å². The summed E-state index contributed by atoms with van der Waals surface area (Å²) in [5.74, 6) is -1.19. The lowest BCUT2D eigenvalue weighted by Gasteiger charge is -2.27. The molecular weight excluding hydrogens is 458 g/mol. The van der Waals surface area contributed by atoms with Gasteiger partial charge in [-0.15, -0.1) is 11.3 Å². The number of aromatic nitrogens is 2. The molecule has 3 aromatic rings. The van der Waals surface area contributed by atoms with E-state index in [2.05, 4.69) is 9.97 Å². The van der Waals surface area contributed by atoms with Crippen molar-refractivity contribution in [2.75, 3.05) is 11.5 Å². The summed E-state index contributed by atoms with van der Waals surface area (Å²) in [5, 5.41) is 0. The van der Waals surface area contributed by atoms with Crippen LogP contribution in [0.4, 0.5) is 5.82 Å². The summed E-state index contributed by atoms with van der Waals surface area (Å²) in [6.07, 6.45) is 8.93. The Morgan fingerprint density at radius 2 is 1.82 bits per heavy atom. The van der Waals surface area contributed by atoms with Gasteiger partial charge in [0.1, 0.15) is 5.82 Å². The van der Waals surface area contributed by atoms with Crippen molar-refractivity contribution in [1.82, 2.24) is 9.97 Å². The maximum atomic E-state index is 13.9. The Balaban J connectivity index is 1.61. The molecule has 2 aromatic heterocycles. The van der Waals surface area contributed by atoms with Gasteiger partial charge in [0.25, 0.3) is 0 Å². The number of halogens is 1. The summed E-state index contributed by atoms with van der Waals surface area (Å²) in [6.45, 7) is 0.558. The molecule has 1 saturated carbocycles. The molecule has 0 spiro atoms. The van der Waals surface area contributed by atoms with Crippen LogP contribution >= 0.6 is 22.9 Å². The van der Waals surface area contributed by atoms with Crippen molar-refractivity contribution in [1.29, 1.82) is 0 Å². The van der Waals surface area contributed by atoms with E-state index in [1.54, 1.807) is 42.7 Å². The highest BCUT2D eigenvalue weighted by atomic mass is 35.5. The molecule has 1 aliphatic carbocycles. The van der Waals surface area contributed by atoms with Crippen LogP contribution in [0.1, 0.15) is 48.5 Å². The van der Waals surface area contributed by atoms with Crippen molar-refractivity contribution in [2.24, 2.45) is 5.92 Å². The predicted octanol–water partition coefficient (Wildman–Crippen LogP) is 5.63. The zero-order valence-corrected chi connectivity index (χ0v) is 19.8. The first-order chi connectivity index (χ1) is 16.1. The van der Waals surface area contributed by atoms with Crippen LogP contribution in [0.25, 0.3) is 0 Å². The van der Waals surface area contributed by atoms with Crippen molar-refractivity contribution >= 4 is 40.6 Å². The van der Waals surface area contributed by atoms with Gasteiger partial charge >= 0.3 is 5.97 Å². The topological polar surface area (TPSA) is 72.4 Å². The van der Waals surface area contributed by atoms with Gasteiger partial charge in [-0.2, -0.15) is 0 Å². The first kappa shape index (κ1) is 23.4. The van der Waals surface area contributed by atoms with Crippen LogP contribution in [0.3, 0.4) is 0 Å². The van der Waals surface area contributed by atoms with Crippen molar-refractivity contribution in [3.63, 3.8) is 0 Å². The van der Waals surface area contributed by atoms with Gasteiger partial charge in [0.2, 0.25) is 5.91 Å². The van der Waals surface area contributed by atoms with Gasteiger partial charge in [-0.1, -0.05) is 67.3 Å². The average Bonchev–Trinajstić information content (AvgIpc) is 3.28. The molecule has 6 nitrogen and oxygen atoms in total. The van der Waals surface area contributed by atoms with Crippen LogP contribution in [0.5, 0.6) is 0 Å². The van der Waals surface area contributed by atoms with Crippen LogP contribution in [0.2, 0.25) is 4.47 Å². The molecule has 1 fully saturated rings. The molecule has 0 aliphatic heterocycles. The number of thiazole rings is 1. The number of esters is 1. The lowest BCUT2D eigenvalue weighted by molar-refractivity contribution is -0.149. The van der Waals surface area contributed by atoms with Gasteiger partial charge in [0, 0.05) is 17.3 Å². The molecule has 0 N–H and O–H groups in total. The van der Waals surface area contributed by atoms with Crippen LogP contribution in [0, 0.1) is 5.92 Å². The zero-order chi connectivity index (χ0) is 23.0. The Hall–Kier alpha value is -2.77. The van der Waals surface area contributed by atoms with Gasteiger partial charge in [0.05, 0.1) is 13.2 Å². The minimum atomic E-state index is -1.08. The molecule has 0 bridgehead atoms. The first-order valence-electron chi connectivity index (χ1n) is 11.2. The zero-order valence-electron chi connectivity index (χ0n) is 18.2. The van der Waals surface area contributed by atoms with Crippen molar-refractivity contribution in [3.05, 3.63) is 75.8 Å². The van der Waals surface area contributed by atoms with Crippen molar-refractivity contribution in [2.45, 2.75) is 44.6 Å². The largest absolute Gasteiger partial charge is 0.465 e. The number of hydrogen-bond donors (Lipinski definition) is 0. The van der Waals surface area contributed by atoms with Gasteiger partial charge in [-0.3, -0.25) is 14.5 Å². The monoisotopic (exact) mass is 483 g/mol. The number of nitrogens with zero attached hydrogens (tertiary/aromatic N) is 3. The van der Waals surface area contributed by atoms with E-state index >= 15 is 0 Å². The fraction of sp³-hybridized carbons (Fsp3) is 0.360. The highest BCUT2D eigenvalue weighted by molar-refractivity contribution is 7.15. The minimum absolute atomic E-state index is 0.208. The number of amides is 1. The number of anilines is 1. The highest BCUT2D eigenvalue weighted by Gasteiger charge is 2.35. The van der Waals surface area contributed by atoms with Gasteiger partial charge in [-0.05, 0) is 36.5 Å². The SMILES string of the molecule is O=C(OCC1CCCCC1)C(C(=O)N(Cc1cnc(Cl)s1)c1ccccn1)c1ccccc1. The third kappa shape index (κ3) is 6.18. The Kier molecular flexibility index (Phi) is 8.07. The molecule has 1 unspecified atom stereocenters. The van der Waals surface area contributed by atoms with Crippen LogP contribution in [0.15, 0.2) is 60.9 Å². The molecular formula is C25H26ClN3O3S. The van der Waals surface area contributed by atoms with Crippen LogP contribution in [-0.2, 0) is 20.9 Å². The number of carbonyl (C=O) groups excluding carboxylic acids is 2. The normalized spacial score (nSPS) is 15.1. The molecule has 33 heavy (non-hydrogen) atoms. The quantitative estimate of drug-likeness (QED) is 0.306. The maximum Gasteiger partial charge on any atom is 0.323 e. The second kappa shape index (κ2) is 11.4. The summed E-state index contributed by atoms with van der Waals surface area (Å²) < 4.78 is 6.12. The molecule has 2 heterocycles. The number of benzene rings is 1. The van der Waals surface area contributed by atoms with E-state index in [0.29, 0.717) is 28.4 Å². The Morgan fingerprint density at radius 1 is 1.06 bits per heavy atom. The number of hydrogen-bond acceptors (Lipinski definition) is 6. The summed E-state index contributed by atoms with van der Waals surface area (Å²) in [6, 6.07) is 14.4. The summed E-state index contributed by atoms with van der Waals surface area (Å²) in [4.78, 5) is 37.9. The fourth-order valence-corrected chi connectivity index (χ4v) is 5.08. The first-order valence-corrected chi connectivity index (χ1v) is 12.4. The lowest BCUT2D eigenvalue weighted by atomic mass is 9.90. The predicted molar refractivity (Wildman–Crippen MR) is 129 cm³/mol. The van der Waals surface area contributed by atoms with Gasteiger partial charge < -0.3 is 4.74 Å². The van der Waals surface area contributed by atoms with E-state index in [4.69, 9.17) is 16.3 Å². The highest BCUT2D eigenvalue weighted by Crippen LogP contribution is 2.29. The van der Waals surface area contributed by atoms with Crippen molar-refractivity contribution < 1.29 is 14.3 Å². The van der Waals surface area contributed by atoms with E-state index in [9.17, 15) is 9.59 Å². The van der Waals surface area contributed by atoms with E-state index in [1.807, 2.05) is 18.2 Å². The summed E-state index contributed by atoms with van der Waals surface area (Å²) in [5.41, 5.74) is 0.597. The number of carbonyl (C=O) groups is 2. The second-order valence-corrected chi connectivity index (χ2v) is 9.87. The molecule has 1 aromatic carbocycles. The Bertz CT molecular complexity index is 1060. The number of rotatable bonds is 8. The fourth-order valence-electron chi connectivity index (χ4n) is 4.12. The second-order valence-electron chi connectivity index (χ2n) is 8.17. The standard InChI is InChI=1S/C25H26ClN3O3S/c26-25-28-15-20(33-25)16-29(21-13-7-8-14-27-21)23(30)22(19-11-5-2-6-12-19)24(31)32-17-18-9-3-1-4-10-18/h2,5-8,11-15,18,22H,1,3-4,9-10,16-17H2. The molecule has 1 aliphatic rings. The maximum absolute atomic E-state index is 13.9. The van der Waals surface area contributed by atoms with E-state index in [0.717, 1.165) is 30.6 Å². The third-order valence-electron chi connectivity index (χ3n) is 5.83. The van der Waals surface area contributed by atoms with Crippen LogP contribution in [-0.4, -0.2) is 28.5 Å². The minimum Gasteiger partial charge on any atom is -0.465 e. The molecule has 0 saturated heterocycles. The third-order valence-corrected chi connectivity index (χ3v) is 6.93. The molecule has 0 radical (unpaired) electrons. The molecule has 172 valence electrons. The Morgan fingerprint density at radius 3 is 2.48 bits per heavy atom. The molecule has 4 rings (SSSR count). The van der Waals surface area contributed by atoms with Gasteiger partial charge in [0.15, 0.2) is 10.4 Å². The van der Waals surface area contributed by atoms with Crippen LogP contribution < -0.4 is 4.90 Å². The number of ether oxygens (including phenoxy) is 1. The molecule has 8 heteroatoms. The van der Waals surface area contributed by atoms with Gasteiger partial charge in [-0.25, -0.2) is 9.97 Å². The summed E-state index contributed by atoms with van der Waals surface area (Å²) in [7, 11) is 0. The van der Waals surface area contributed by atoms with E-state index < -0.39 is 17.8 Å². The number of pyridine rings is 1. The lowest BCUT2D eigenvalue weighted by Crippen LogP contribution is -2.39. The smallest absolute Gasteiger partial charge is 0.323 e. The van der Waals surface area contributed by atoms with E-state index in [-0.39, 0.29) is 6.54 Å². The summed E-state index contributed by atoms with van der Waals surface area (Å²) >= 11 is 7.30. The van der Waals surface area contributed by atoms with E-state index in [1.165, 1.54) is 22.7 Å². The average molecular weight is 484 g/mol. The molecule has 1 atom stereocenters. The molecule has 1 amide bonds.